The van der Waals surface area contributed by atoms with Crippen molar-refractivity contribution in [2.75, 3.05) is 0 Å². The highest BCUT2D eigenvalue weighted by Gasteiger charge is 2.17. The standard InChI is InChI=1S/C18H13BrN4O/c1-23-17-14(15(22-23)11-5-3-2-4-6-11)18(24)21-16(20-17)12-7-9-13(19)10-8-12/h2-10H,1H3,(H,20,21,24). The molecule has 0 aliphatic carbocycles. The molecule has 0 atom stereocenters. The second kappa shape index (κ2) is 5.72. The molecule has 0 fully saturated rings. The number of aromatic nitrogens is 4. The largest absolute Gasteiger partial charge is 0.306 e. The molecule has 2 aromatic carbocycles. The molecule has 2 aromatic heterocycles. The van der Waals surface area contributed by atoms with Crippen LogP contribution in [0.2, 0.25) is 0 Å². The Labute approximate surface area is 146 Å². The average molecular weight is 381 g/mol. The summed E-state index contributed by atoms with van der Waals surface area (Å²) >= 11 is 3.41. The number of rotatable bonds is 2. The smallest absolute Gasteiger partial charge is 0.262 e. The number of H-pyrrole nitrogens is 1. The van der Waals surface area contributed by atoms with Crippen LogP contribution in [0.3, 0.4) is 0 Å². The zero-order valence-electron chi connectivity index (χ0n) is 12.8. The molecule has 0 aliphatic heterocycles. The van der Waals surface area contributed by atoms with Gasteiger partial charge in [-0.25, -0.2) is 9.67 Å². The SMILES string of the molecule is Cn1nc(-c2ccccc2)c2c(=O)[nH]c(-c3ccc(Br)cc3)nc21. The summed E-state index contributed by atoms with van der Waals surface area (Å²) in [6.45, 7) is 0. The minimum atomic E-state index is -0.190. The van der Waals surface area contributed by atoms with Crippen molar-refractivity contribution >= 4 is 27.0 Å². The second-order valence-corrected chi connectivity index (χ2v) is 6.37. The van der Waals surface area contributed by atoms with Crippen LogP contribution in [-0.4, -0.2) is 19.7 Å². The van der Waals surface area contributed by atoms with Gasteiger partial charge in [-0.2, -0.15) is 5.10 Å². The summed E-state index contributed by atoms with van der Waals surface area (Å²) in [4.78, 5) is 20.2. The molecular weight excluding hydrogens is 368 g/mol. The maximum absolute atomic E-state index is 12.7. The molecule has 0 bridgehead atoms. The van der Waals surface area contributed by atoms with Crippen LogP contribution in [0.15, 0.2) is 63.9 Å². The molecule has 0 amide bonds. The van der Waals surface area contributed by atoms with Gasteiger partial charge < -0.3 is 4.98 Å². The predicted octanol–water partition coefficient (Wildman–Crippen LogP) is 3.75. The Bertz CT molecular complexity index is 1080. The molecule has 0 spiro atoms. The summed E-state index contributed by atoms with van der Waals surface area (Å²) in [5.74, 6) is 0.530. The fraction of sp³-hybridized carbons (Fsp3) is 0.0556. The first-order valence-electron chi connectivity index (χ1n) is 7.42. The Morgan fingerprint density at radius 3 is 2.42 bits per heavy atom. The number of fused-ring (bicyclic) bond motifs is 1. The third-order valence-corrected chi connectivity index (χ3v) is 4.39. The lowest BCUT2D eigenvalue weighted by atomic mass is 10.1. The molecule has 0 unspecified atom stereocenters. The summed E-state index contributed by atoms with van der Waals surface area (Å²) in [7, 11) is 1.80. The van der Waals surface area contributed by atoms with Gasteiger partial charge >= 0.3 is 0 Å². The predicted molar refractivity (Wildman–Crippen MR) is 97.7 cm³/mol. The third kappa shape index (κ3) is 2.45. The molecule has 6 heteroatoms. The van der Waals surface area contributed by atoms with E-state index in [2.05, 4.69) is 31.0 Å². The molecule has 118 valence electrons. The normalized spacial score (nSPS) is 11.1. The maximum Gasteiger partial charge on any atom is 0.262 e. The quantitative estimate of drug-likeness (QED) is 0.575. The van der Waals surface area contributed by atoms with Gasteiger partial charge in [0.1, 0.15) is 16.9 Å². The van der Waals surface area contributed by atoms with Gasteiger partial charge in [0.25, 0.3) is 5.56 Å². The number of halogens is 1. The van der Waals surface area contributed by atoms with Crippen LogP contribution in [0.4, 0.5) is 0 Å². The van der Waals surface area contributed by atoms with E-state index in [1.165, 1.54) is 0 Å². The highest BCUT2D eigenvalue weighted by Crippen LogP contribution is 2.25. The number of hydrogen-bond acceptors (Lipinski definition) is 3. The first kappa shape index (κ1) is 14.8. The molecule has 24 heavy (non-hydrogen) atoms. The lowest BCUT2D eigenvalue weighted by Crippen LogP contribution is -2.10. The lowest BCUT2D eigenvalue weighted by Gasteiger charge is -2.02. The van der Waals surface area contributed by atoms with Crippen molar-refractivity contribution in [3.63, 3.8) is 0 Å². The summed E-state index contributed by atoms with van der Waals surface area (Å²) in [6, 6.07) is 17.3. The lowest BCUT2D eigenvalue weighted by molar-refractivity contribution is 0.789. The van der Waals surface area contributed by atoms with Crippen molar-refractivity contribution in [1.82, 2.24) is 19.7 Å². The van der Waals surface area contributed by atoms with Crippen molar-refractivity contribution in [2.45, 2.75) is 0 Å². The monoisotopic (exact) mass is 380 g/mol. The zero-order valence-corrected chi connectivity index (χ0v) is 14.4. The number of aromatic amines is 1. The molecule has 4 aromatic rings. The van der Waals surface area contributed by atoms with E-state index in [-0.39, 0.29) is 5.56 Å². The molecular formula is C18H13BrN4O. The molecule has 5 nitrogen and oxygen atoms in total. The molecule has 0 radical (unpaired) electrons. The van der Waals surface area contributed by atoms with E-state index in [4.69, 9.17) is 0 Å². The van der Waals surface area contributed by atoms with Crippen molar-refractivity contribution in [3.8, 4) is 22.6 Å². The maximum atomic E-state index is 12.7. The zero-order chi connectivity index (χ0) is 16.7. The Morgan fingerprint density at radius 2 is 1.71 bits per heavy atom. The molecule has 0 aliphatic rings. The number of aryl methyl sites for hydroxylation is 1. The Kier molecular flexibility index (Phi) is 3.54. The van der Waals surface area contributed by atoms with Gasteiger partial charge in [0.05, 0.1) is 0 Å². The molecule has 2 heterocycles. The van der Waals surface area contributed by atoms with E-state index in [0.717, 1.165) is 15.6 Å². The van der Waals surface area contributed by atoms with Gasteiger partial charge in [0.2, 0.25) is 0 Å². The Hall–Kier alpha value is -2.73. The van der Waals surface area contributed by atoms with Gasteiger partial charge in [0, 0.05) is 22.6 Å². The van der Waals surface area contributed by atoms with Crippen LogP contribution in [0.1, 0.15) is 0 Å². The first-order chi connectivity index (χ1) is 11.6. The van der Waals surface area contributed by atoms with Crippen molar-refractivity contribution in [1.29, 1.82) is 0 Å². The summed E-state index contributed by atoms with van der Waals surface area (Å²) in [6.07, 6.45) is 0. The minimum absolute atomic E-state index is 0.190. The Balaban J connectivity index is 1.96. The molecule has 0 saturated carbocycles. The van der Waals surface area contributed by atoms with Crippen LogP contribution in [0.5, 0.6) is 0 Å². The van der Waals surface area contributed by atoms with Crippen molar-refractivity contribution < 1.29 is 0 Å². The van der Waals surface area contributed by atoms with E-state index in [9.17, 15) is 4.79 Å². The molecule has 0 saturated heterocycles. The number of benzene rings is 2. The van der Waals surface area contributed by atoms with E-state index in [1.54, 1.807) is 11.7 Å². The highest BCUT2D eigenvalue weighted by molar-refractivity contribution is 9.10. The van der Waals surface area contributed by atoms with E-state index in [0.29, 0.717) is 22.6 Å². The summed E-state index contributed by atoms with van der Waals surface area (Å²) < 4.78 is 2.62. The van der Waals surface area contributed by atoms with Crippen LogP contribution in [-0.2, 0) is 7.05 Å². The second-order valence-electron chi connectivity index (χ2n) is 5.46. The van der Waals surface area contributed by atoms with E-state index < -0.39 is 0 Å². The molecule has 1 N–H and O–H groups in total. The van der Waals surface area contributed by atoms with Crippen LogP contribution in [0.25, 0.3) is 33.7 Å². The van der Waals surface area contributed by atoms with Gasteiger partial charge in [-0.05, 0) is 12.1 Å². The van der Waals surface area contributed by atoms with Crippen LogP contribution < -0.4 is 5.56 Å². The van der Waals surface area contributed by atoms with Gasteiger partial charge in [0.15, 0.2) is 5.65 Å². The van der Waals surface area contributed by atoms with E-state index >= 15 is 0 Å². The minimum Gasteiger partial charge on any atom is -0.306 e. The van der Waals surface area contributed by atoms with Crippen LogP contribution >= 0.6 is 15.9 Å². The van der Waals surface area contributed by atoms with Crippen molar-refractivity contribution in [2.24, 2.45) is 7.05 Å². The molecule has 4 rings (SSSR count). The average Bonchev–Trinajstić information content (AvgIpc) is 2.94. The van der Waals surface area contributed by atoms with Gasteiger partial charge in [-0.1, -0.05) is 58.4 Å². The fourth-order valence-corrected chi connectivity index (χ4v) is 2.96. The highest BCUT2D eigenvalue weighted by atomic mass is 79.9. The van der Waals surface area contributed by atoms with Crippen LogP contribution in [0, 0.1) is 0 Å². The number of nitrogens with zero attached hydrogens (tertiary/aromatic N) is 3. The third-order valence-electron chi connectivity index (χ3n) is 3.86. The summed E-state index contributed by atoms with van der Waals surface area (Å²) in [5.41, 5.74) is 2.76. The fourth-order valence-electron chi connectivity index (χ4n) is 2.70. The number of hydrogen-bond donors (Lipinski definition) is 1. The first-order valence-corrected chi connectivity index (χ1v) is 8.21. The summed E-state index contributed by atoms with van der Waals surface area (Å²) in [5, 5.41) is 5.00. The van der Waals surface area contributed by atoms with Gasteiger partial charge in [-0.15, -0.1) is 0 Å². The van der Waals surface area contributed by atoms with Gasteiger partial charge in [-0.3, -0.25) is 4.79 Å². The number of nitrogens with one attached hydrogen (secondary N) is 1. The van der Waals surface area contributed by atoms with Crippen molar-refractivity contribution in [3.05, 3.63) is 69.4 Å². The topological polar surface area (TPSA) is 63.6 Å². The Morgan fingerprint density at radius 1 is 1.00 bits per heavy atom. The van der Waals surface area contributed by atoms with E-state index in [1.807, 2.05) is 54.6 Å².